The number of alkyl halides is 3. The van der Waals surface area contributed by atoms with Crippen LogP contribution < -0.4 is 5.32 Å². The van der Waals surface area contributed by atoms with Gasteiger partial charge in [0, 0.05) is 12.0 Å². The van der Waals surface area contributed by atoms with E-state index in [-0.39, 0.29) is 6.42 Å². The lowest BCUT2D eigenvalue weighted by atomic mass is 9.84. The molecule has 0 spiro atoms. The van der Waals surface area contributed by atoms with Crippen LogP contribution in [0.15, 0.2) is 16.5 Å². The Balaban J connectivity index is 1.57. The van der Waals surface area contributed by atoms with Gasteiger partial charge in [-0.3, -0.25) is 0 Å². The largest absolute Gasteiger partial charge is 0.464 e. The molecule has 1 N–H and O–H groups in total. The molecule has 1 heterocycles. The van der Waals surface area contributed by atoms with E-state index in [1.165, 1.54) is 0 Å². The summed E-state index contributed by atoms with van der Waals surface area (Å²) in [5.41, 5.74) is 0. The number of nitrogens with one attached hydrogen (secondary N) is 1. The van der Waals surface area contributed by atoms with Crippen LogP contribution in [-0.2, 0) is 6.54 Å². The zero-order valence-corrected chi connectivity index (χ0v) is 12.2. The summed E-state index contributed by atoms with van der Waals surface area (Å²) >= 11 is 0. The summed E-state index contributed by atoms with van der Waals surface area (Å²) in [5, 5.41) is 3.06. The lowest BCUT2D eigenvalue weighted by Gasteiger charge is -2.33. The normalized spacial score (nSPS) is 33.1. The Labute approximate surface area is 123 Å². The van der Waals surface area contributed by atoms with Gasteiger partial charge in [0.15, 0.2) is 0 Å². The molecule has 4 atom stereocenters. The van der Waals surface area contributed by atoms with Crippen LogP contribution in [0.4, 0.5) is 13.2 Å². The molecule has 2 nitrogen and oxygen atoms in total. The number of hydrogen-bond donors (Lipinski definition) is 1. The number of hydrogen-bond acceptors (Lipinski definition) is 2. The Hall–Kier alpha value is -0.970. The van der Waals surface area contributed by atoms with Crippen molar-refractivity contribution < 1.29 is 17.6 Å². The smallest absolute Gasteiger partial charge is 0.393 e. The molecule has 2 saturated carbocycles. The maximum atomic E-state index is 13.0. The summed E-state index contributed by atoms with van der Waals surface area (Å²) in [7, 11) is 0. The van der Waals surface area contributed by atoms with E-state index >= 15 is 0 Å². The minimum absolute atomic E-state index is 0.240. The van der Waals surface area contributed by atoms with E-state index in [9.17, 15) is 13.2 Å². The van der Waals surface area contributed by atoms with Gasteiger partial charge in [0.1, 0.15) is 11.5 Å². The molecule has 118 valence electrons. The summed E-state index contributed by atoms with van der Waals surface area (Å²) in [6, 6.07) is 3.37. The maximum absolute atomic E-state index is 13.0. The summed E-state index contributed by atoms with van der Waals surface area (Å²) in [4.78, 5) is 0. The quantitative estimate of drug-likeness (QED) is 0.878. The summed E-state index contributed by atoms with van der Waals surface area (Å²) in [6.07, 6.45) is -0.573. The number of rotatable bonds is 4. The predicted molar refractivity (Wildman–Crippen MR) is 73.9 cm³/mol. The van der Waals surface area contributed by atoms with E-state index in [4.69, 9.17) is 4.42 Å². The standard InChI is InChI=1S/C16H22F3NO/c1-10-8-12(10)15-7-6-11(21-15)9-20-14-5-3-2-4-13(14)16(17,18)19/h6-7,10,12-14,20H,2-5,8-9H2,1H3. The fourth-order valence-electron chi connectivity index (χ4n) is 3.41. The van der Waals surface area contributed by atoms with Crippen LogP contribution in [0, 0.1) is 11.8 Å². The first kappa shape index (κ1) is 14.9. The van der Waals surface area contributed by atoms with Crippen LogP contribution in [0.5, 0.6) is 0 Å². The van der Waals surface area contributed by atoms with Gasteiger partial charge in [0.25, 0.3) is 0 Å². The summed E-state index contributed by atoms with van der Waals surface area (Å²) < 4.78 is 44.8. The lowest BCUT2D eigenvalue weighted by molar-refractivity contribution is -0.189. The molecule has 2 aliphatic carbocycles. The Morgan fingerprint density at radius 1 is 1.24 bits per heavy atom. The van der Waals surface area contributed by atoms with Crippen LogP contribution in [-0.4, -0.2) is 12.2 Å². The van der Waals surface area contributed by atoms with Gasteiger partial charge in [0.05, 0.1) is 12.5 Å². The van der Waals surface area contributed by atoms with E-state index in [0.29, 0.717) is 31.2 Å². The molecule has 5 heteroatoms. The molecule has 0 amide bonds. The lowest BCUT2D eigenvalue weighted by Crippen LogP contribution is -2.45. The highest BCUT2D eigenvalue weighted by Gasteiger charge is 2.45. The number of furan rings is 1. The van der Waals surface area contributed by atoms with Crippen molar-refractivity contribution >= 4 is 0 Å². The Morgan fingerprint density at radius 3 is 2.62 bits per heavy atom. The van der Waals surface area contributed by atoms with Gasteiger partial charge >= 0.3 is 6.18 Å². The Kier molecular flexibility index (Phi) is 4.04. The molecule has 21 heavy (non-hydrogen) atoms. The molecular formula is C16H22F3NO. The zero-order valence-electron chi connectivity index (χ0n) is 12.2. The molecule has 0 aromatic carbocycles. The van der Waals surface area contributed by atoms with E-state index in [1.807, 2.05) is 12.1 Å². The fourth-order valence-corrected chi connectivity index (χ4v) is 3.41. The maximum Gasteiger partial charge on any atom is 0.393 e. The van der Waals surface area contributed by atoms with Gasteiger partial charge in [-0.05, 0) is 37.3 Å². The molecule has 0 saturated heterocycles. The average Bonchev–Trinajstić information content (AvgIpc) is 2.99. The van der Waals surface area contributed by atoms with Crippen LogP contribution in [0.2, 0.25) is 0 Å². The molecule has 0 bridgehead atoms. The number of halogens is 3. The third kappa shape index (κ3) is 3.44. The highest BCUT2D eigenvalue weighted by atomic mass is 19.4. The van der Waals surface area contributed by atoms with Crippen molar-refractivity contribution in [1.29, 1.82) is 0 Å². The van der Waals surface area contributed by atoms with Gasteiger partial charge in [-0.25, -0.2) is 0 Å². The predicted octanol–water partition coefficient (Wildman–Crippen LogP) is 4.61. The summed E-state index contributed by atoms with van der Waals surface area (Å²) in [6.45, 7) is 2.57. The first-order chi connectivity index (χ1) is 9.95. The monoisotopic (exact) mass is 301 g/mol. The molecule has 4 unspecified atom stereocenters. The van der Waals surface area contributed by atoms with Gasteiger partial charge in [-0.15, -0.1) is 0 Å². The third-order valence-electron chi connectivity index (χ3n) is 4.88. The zero-order chi connectivity index (χ0) is 15.0. The molecule has 0 aliphatic heterocycles. The van der Waals surface area contributed by atoms with Crippen molar-refractivity contribution in [2.75, 3.05) is 0 Å². The van der Waals surface area contributed by atoms with Gasteiger partial charge < -0.3 is 9.73 Å². The highest BCUT2D eigenvalue weighted by Crippen LogP contribution is 2.47. The second kappa shape index (κ2) is 5.67. The third-order valence-corrected chi connectivity index (χ3v) is 4.88. The molecule has 2 fully saturated rings. The second-order valence-electron chi connectivity index (χ2n) is 6.54. The van der Waals surface area contributed by atoms with E-state index in [1.54, 1.807) is 0 Å². The first-order valence-corrected chi connectivity index (χ1v) is 7.84. The highest BCUT2D eigenvalue weighted by molar-refractivity contribution is 5.17. The topological polar surface area (TPSA) is 25.2 Å². The minimum atomic E-state index is -4.10. The van der Waals surface area contributed by atoms with Crippen molar-refractivity contribution in [3.05, 3.63) is 23.7 Å². The van der Waals surface area contributed by atoms with Crippen LogP contribution >= 0.6 is 0 Å². The van der Waals surface area contributed by atoms with E-state index in [2.05, 4.69) is 12.2 Å². The van der Waals surface area contributed by atoms with Crippen molar-refractivity contribution in [2.24, 2.45) is 11.8 Å². The van der Waals surface area contributed by atoms with E-state index in [0.717, 1.165) is 24.4 Å². The Morgan fingerprint density at radius 2 is 1.95 bits per heavy atom. The van der Waals surface area contributed by atoms with Gasteiger partial charge in [-0.1, -0.05) is 19.8 Å². The van der Waals surface area contributed by atoms with E-state index < -0.39 is 18.1 Å². The van der Waals surface area contributed by atoms with Crippen LogP contribution in [0.3, 0.4) is 0 Å². The molecule has 3 rings (SSSR count). The molecule has 0 radical (unpaired) electrons. The van der Waals surface area contributed by atoms with Gasteiger partial charge in [0.2, 0.25) is 0 Å². The molecule has 1 aromatic heterocycles. The first-order valence-electron chi connectivity index (χ1n) is 7.84. The van der Waals surface area contributed by atoms with Crippen molar-refractivity contribution in [1.82, 2.24) is 5.32 Å². The minimum Gasteiger partial charge on any atom is -0.464 e. The average molecular weight is 301 g/mol. The fraction of sp³-hybridized carbons (Fsp3) is 0.750. The van der Waals surface area contributed by atoms with Crippen molar-refractivity contribution in [3.63, 3.8) is 0 Å². The molecule has 1 aromatic rings. The molecule has 2 aliphatic rings. The van der Waals surface area contributed by atoms with Crippen molar-refractivity contribution in [2.45, 2.75) is 63.7 Å². The van der Waals surface area contributed by atoms with Crippen LogP contribution in [0.25, 0.3) is 0 Å². The SMILES string of the molecule is CC1CC1c1ccc(CNC2CCCCC2C(F)(F)F)o1. The van der Waals surface area contributed by atoms with Crippen LogP contribution in [0.1, 0.15) is 56.5 Å². The van der Waals surface area contributed by atoms with Gasteiger partial charge in [-0.2, -0.15) is 13.2 Å². The molecular weight excluding hydrogens is 279 g/mol. The van der Waals surface area contributed by atoms with Crippen molar-refractivity contribution in [3.8, 4) is 0 Å². The summed E-state index contributed by atoms with van der Waals surface area (Å²) in [5.74, 6) is 1.69. The second-order valence-corrected chi connectivity index (χ2v) is 6.54. The Bertz CT molecular complexity index is 482.